The summed E-state index contributed by atoms with van der Waals surface area (Å²) in [6, 6.07) is 10.6. The van der Waals surface area contributed by atoms with Gasteiger partial charge in [0, 0.05) is 7.05 Å². The van der Waals surface area contributed by atoms with Gasteiger partial charge in [0.1, 0.15) is 0 Å². The number of hydrogen-bond donors (Lipinski definition) is 1. The van der Waals surface area contributed by atoms with Crippen molar-refractivity contribution in [3.05, 3.63) is 53.9 Å². The van der Waals surface area contributed by atoms with Gasteiger partial charge in [-0.15, -0.1) is 0 Å². The third-order valence-corrected chi connectivity index (χ3v) is 5.07. The van der Waals surface area contributed by atoms with Crippen molar-refractivity contribution in [2.24, 2.45) is 7.05 Å². The number of benzene rings is 2. The van der Waals surface area contributed by atoms with Gasteiger partial charge >= 0.3 is 0 Å². The second-order valence-electron chi connectivity index (χ2n) is 5.38. The molecule has 0 aliphatic carbocycles. The molecule has 1 N–H and O–H groups in total. The van der Waals surface area contributed by atoms with Crippen molar-refractivity contribution in [3.8, 4) is 0 Å². The van der Waals surface area contributed by atoms with E-state index in [1.54, 1.807) is 24.5 Å². The Hall–Kier alpha value is -2.34. The number of imidazole rings is 1. The molecule has 5 nitrogen and oxygen atoms in total. The molecule has 0 atom stereocenters. The standard InChI is InChI=1S/C16H17N3O2S/c1-11-5-4-6-12(2)16(11)18-22(20,21)13-7-8-15-14(9-13)17-10-19(15)3/h4-10,18H,1-3H3. The van der Waals surface area contributed by atoms with Gasteiger partial charge in [-0.3, -0.25) is 4.72 Å². The third-order valence-electron chi connectivity index (χ3n) is 3.72. The molecule has 114 valence electrons. The Kier molecular flexibility index (Phi) is 3.41. The summed E-state index contributed by atoms with van der Waals surface area (Å²) in [4.78, 5) is 4.41. The van der Waals surface area contributed by atoms with Gasteiger partial charge in [0.05, 0.1) is 27.9 Å². The van der Waals surface area contributed by atoms with Crippen molar-refractivity contribution >= 4 is 26.7 Å². The van der Waals surface area contributed by atoms with Crippen LogP contribution >= 0.6 is 0 Å². The number of sulfonamides is 1. The highest BCUT2D eigenvalue weighted by Gasteiger charge is 2.17. The Balaban J connectivity index is 2.04. The van der Waals surface area contributed by atoms with Gasteiger partial charge in [-0.1, -0.05) is 18.2 Å². The third kappa shape index (κ3) is 2.46. The molecule has 0 aliphatic heterocycles. The molecular weight excluding hydrogens is 298 g/mol. The summed E-state index contributed by atoms with van der Waals surface area (Å²) in [6.45, 7) is 3.76. The number of nitrogens with zero attached hydrogens (tertiary/aromatic N) is 2. The number of hydrogen-bond acceptors (Lipinski definition) is 3. The fourth-order valence-electron chi connectivity index (χ4n) is 2.45. The number of aromatic nitrogens is 2. The highest BCUT2D eigenvalue weighted by atomic mass is 32.2. The first-order valence-electron chi connectivity index (χ1n) is 6.88. The minimum atomic E-state index is -3.64. The van der Waals surface area contributed by atoms with E-state index >= 15 is 0 Å². The molecule has 3 aromatic rings. The molecule has 0 saturated heterocycles. The summed E-state index contributed by atoms with van der Waals surface area (Å²) in [6.07, 6.45) is 1.67. The van der Waals surface area contributed by atoms with E-state index in [1.807, 2.05) is 43.7 Å². The number of rotatable bonds is 3. The van der Waals surface area contributed by atoms with Gasteiger partial charge in [0.2, 0.25) is 0 Å². The Morgan fingerprint density at radius 1 is 1.09 bits per heavy atom. The largest absolute Gasteiger partial charge is 0.334 e. The lowest BCUT2D eigenvalue weighted by atomic mass is 10.1. The van der Waals surface area contributed by atoms with Crippen molar-refractivity contribution < 1.29 is 8.42 Å². The lowest BCUT2D eigenvalue weighted by molar-refractivity contribution is 0.601. The molecule has 3 rings (SSSR count). The Morgan fingerprint density at radius 2 is 1.77 bits per heavy atom. The summed E-state index contributed by atoms with van der Waals surface area (Å²) in [7, 11) is -1.77. The number of fused-ring (bicyclic) bond motifs is 1. The van der Waals surface area contributed by atoms with Crippen LogP contribution in [0.3, 0.4) is 0 Å². The van der Waals surface area contributed by atoms with Gasteiger partial charge in [-0.05, 0) is 43.2 Å². The first-order valence-corrected chi connectivity index (χ1v) is 8.37. The molecule has 22 heavy (non-hydrogen) atoms. The minimum Gasteiger partial charge on any atom is -0.334 e. The van der Waals surface area contributed by atoms with Gasteiger partial charge in [0.25, 0.3) is 10.0 Å². The molecule has 0 bridgehead atoms. The van der Waals surface area contributed by atoms with E-state index in [2.05, 4.69) is 9.71 Å². The Bertz CT molecular complexity index is 938. The average Bonchev–Trinajstić information content (AvgIpc) is 2.84. The molecule has 0 spiro atoms. The monoisotopic (exact) mass is 315 g/mol. The maximum atomic E-state index is 12.6. The van der Waals surface area contributed by atoms with Crippen LogP contribution in [-0.4, -0.2) is 18.0 Å². The van der Waals surface area contributed by atoms with Gasteiger partial charge in [-0.2, -0.15) is 0 Å². The van der Waals surface area contributed by atoms with Crippen LogP contribution in [0.25, 0.3) is 11.0 Å². The van der Waals surface area contributed by atoms with Crippen molar-refractivity contribution in [1.82, 2.24) is 9.55 Å². The first-order chi connectivity index (χ1) is 10.4. The summed E-state index contributed by atoms with van der Waals surface area (Å²) >= 11 is 0. The summed E-state index contributed by atoms with van der Waals surface area (Å²) in [5.41, 5.74) is 3.96. The molecule has 6 heteroatoms. The van der Waals surface area contributed by atoms with Crippen LogP contribution in [0, 0.1) is 13.8 Å². The molecule has 0 amide bonds. The van der Waals surface area contributed by atoms with Crippen LogP contribution in [0.2, 0.25) is 0 Å². The summed E-state index contributed by atoms with van der Waals surface area (Å²) in [5.74, 6) is 0. The maximum absolute atomic E-state index is 12.6. The highest BCUT2D eigenvalue weighted by molar-refractivity contribution is 7.92. The van der Waals surface area contributed by atoms with E-state index in [-0.39, 0.29) is 4.90 Å². The zero-order valence-electron chi connectivity index (χ0n) is 12.7. The molecule has 1 heterocycles. The zero-order chi connectivity index (χ0) is 15.9. The number of para-hydroxylation sites is 1. The summed E-state index contributed by atoms with van der Waals surface area (Å²) in [5, 5.41) is 0. The topological polar surface area (TPSA) is 64.0 Å². The SMILES string of the molecule is Cc1cccc(C)c1NS(=O)(=O)c1ccc2c(c1)ncn2C. The first kappa shape index (κ1) is 14.6. The van der Waals surface area contributed by atoms with Crippen molar-refractivity contribution in [2.75, 3.05) is 4.72 Å². The molecule has 1 aromatic heterocycles. The smallest absolute Gasteiger partial charge is 0.261 e. The van der Waals surface area contributed by atoms with Gasteiger partial charge in [-0.25, -0.2) is 13.4 Å². The van der Waals surface area contributed by atoms with E-state index in [4.69, 9.17) is 0 Å². The van der Waals surface area contributed by atoms with E-state index in [0.29, 0.717) is 11.2 Å². The van der Waals surface area contributed by atoms with Crippen molar-refractivity contribution in [2.45, 2.75) is 18.7 Å². The quantitative estimate of drug-likeness (QED) is 0.808. The predicted molar refractivity (Wildman–Crippen MR) is 87.4 cm³/mol. The Morgan fingerprint density at radius 3 is 2.45 bits per heavy atom. The predicted octanol–water partition coefficient (Wildman–Crippen LogP) is 2.99. The van der Waals surface area contributed by atoms with Crippen molar-refractivity contribution in [1.29, 1.82) is 0 Å². The number of anilines is 1. The van der Waals surface area contributed by atoms with Crippen LogP contribution < -0.4 is 4.72 Å². The second kappa shape index (κ2) is 5.14. The van der Waals surface area contributed by atoms with Crippen molar-refractivity contribution in [3.63, 3.8) is 0 Å². The van der Waals surface area contributed by atoms with Crippen LogP contribution in [0.1, 0.15) is 11.1 Å². The molecular formula is C16H17N3O2S. The Labute approximate surface area is 129 Å². The second-order valence-corrected chi connectivity index (χ2v) is 7.06. The lowest BCUT2D eigenvalue weighted by Gasteiger charge is -2.13. The van der Waals surface area contributed by atoms with Gasteiger partial charge in [0.15, 0.2) is 0 Å². The van der Waals surface area contributed by atoms with Crippen LogP contribution in [0.5, 0.6) is 0 Å². The molecule has 0 radical (unpaired) electrons. The fraction of sp³-hybridized carbons (Fsp3) is 0.188. The minimum absolute atomic E-state index is 0.210. The highest BCUT2D eigenvalue weighted by Crippen LogP contribution is 2.24. The fourth-order valence-corrected chi connectivity index (χ4v) is 3.67. The van der Waals surface area contributed by atoms with Crippen LogP contribution in [0.15, 0.2) is 47.6 Å². The summed E-state index contributed by atoms with van der Waals surface area (Å²) < 4.78 is 29.8. The molecule has 0 fully saturated rings. The van der Waals surface area contributed by atoms with E-state index < -0.39 is 10.0 Å². The molecule has 2 aromatic carbocycles. The van der Waals surface area contributed by atoms with Crippen LogP contribution in [-0.2, 0) is 17.1 Å². The maximum Gasteiger partial charge on any atom is 0.261 e. The van der Waals surface area contributed by atoms with Crippen LogP contribution in [0.4, 0.5) is 5.69 Å². The van der Waals surface area contributed by atoms with E-state index in [9.17, 15) is 8.42 Å². The number of nitrogens with one attached hydrogen (secondary N) is 1. The lowest BCUT2D eigenvalue weighted by Crippen LogP contribution is -2.14. The average molecular weight is 315 g/mol. The normalized spacial score (nSPS) is 11.8. The molecule has 0 unspecified atom stereocenters. The molecule has 0 aliphatic rings. The zero-order valence-corrected chi connectivity index (χ0v) is 13.5. The van der Waals surface area contributed by atoms with Gasteiger partial charge < -0.3 is 4.57 Å². The number of aryl methyl sites for hydroxylation is 3. The van der Waals surface area contributed by atoms with E-state index in [1.165, 1.54) is 0 Å². The molecule has 0 saturated carbocycles. The van der Waals surface area contributed by atoms with E-state index in [0.717, 1.165) is 16.6 Å².